The van der Waals surface area contributed by atoms with Crippen LogP contribution in [0.4, 0.5) is 0 Å². The van der Waals surface area contributed by atoms with Crippen molar-refractivity contribution in [2.45, 2.75) is 13.5 Å². The van der Waals surface area contributed by atoms with Crippen LogP contribution in [0.25, 0.3) is 22.0 Å². The van der Waals surface area contributed by atoms with Gasteiger partial charge in [0.15, 0.2) is 0 Å². The normalized spacial score (nSPS) is 10.4. The van der Waals surface area contributed by atoms with E-state index in [1.54, 1.807) is 19.2 Å². The van der Waals surface area contributed by atoms with Gasteiger partial charge in [-0.25, -0.2) is 4.79 Å². The molecule has 29 heavy (non-hydrogen) atoms. The molecular formula is C25H20N2O2. The molecule has 3 aromatic carbocycles. The largest absolute Gasteiger partial charge is 0.465 e. The lowest BCUT2D eigenvalue weighted by Gasteiger charge is -2.09. The van der Waals surface area contributed by atoms with Gasteiger partial charge >= 0.3 is 5.97 Å². The van der Waals surface area contributed by atoms with E-state index < -0.39 is 0 Å². The van der Waals surface area contributed by atoms with Crippen molar-refractivity contribution in [2.24, 2.45) is 0 Å². The van der Waals surface area contributed by atoms with Crippen LogP contribution in [-0.4, -0.2) is 22.9 Å². The third kappa shape index (κ3) is 3.63. The van der Waals surface area contributed by atoms with E-state index in [0.717, 1.165) is 27.6 Å². The van der Waals surface area contributed by atoms with Gasteiger partial charge in [0, 0.05) is 10.9 Å². The highest BCUT2D eigenvalue weighted by molar-refractivity contribution is 6.04. The van der Waals surface area contributed by atoms with Crippen molar-refractivity contribution in [3.63, 3.8) is 0 Å². The lowest BCUT2D eigenvalue weighted by molar-refractivity contribution is 0.0602. The molecule has 1 heterocycles. The minimum atomic E-state index is -0.382. The summed E-state index contributed by atoms with van der Waals surface area (Å²) in [4.78, 5) is 12.3. The highest BCUT2D eigenvalue weighted by Crippen LogP contribution is 2.25. The Bertz CT molecular complexity index is 1230. The number of rotatable bonds is 4. The van der Waals surface area contributed by atoms with Gasteiger partial charge in [-0.2, -0.15) is 5.10 Å². The fourth-order valence-corrected chi connectivity index (χ4v) is 3.45. The maximum atomic E-state index is 12.3. The number of hydrogen-bond acceptors (Lipinski definition) is 3. The van der Waals surface area contributed by atoms with E-state index in [0.29, 0.717) is 12.1 Å². The number of fused-ring (bicyclic) bond motifs is 1. The quantitative estimate of drug-likeness (QED) is 0.373. The molecule has 0 fully saturated rings. The molecule has 1 aromatic heterocycles. The maximum absolute atomic E-state index is 12.3. The summed E-state index contributed by atoms with van der Waals surface area (Å²) in [7, 11) is 1.39. The summed E-state index contributed by atoms with van der Waals surface area (Å²) in [6.07, 6.45) is 1.76. The van der Waals surface area contributed by atoms with Gasteiger partial charge in [-0.15, -0.1) is 5.92 Å². The average molecular weight is 380 g/mol. The molecule has 4 heteroatoms. The third-order valence-corrected chi connectivity index (χ3v) is 4.86. The number of aromatic nitrogens is 2. The predicted molar refractivity (Wildman–Crippen MR) is 115 cm³/mol. The van der Waals surface area contributed by atoms with E-state index in [1.807, 2.05) is 28.9 Å². The zero-order valence-electron chi connectivity index (χ0n) is 16.3. The Morgan fingerprint density at radius 2 is 1.72 bits per heavy atom. The first-order valence-electron chi connectivity index (χ1n) is 9.35. The van der Waals surface area contributed by atoms with Crippen LogP contribution in [0, 0.1) is 11.8 Å². The molecule has 4 nitrogen and oxygen atoms in total. The molecule has 4 rings (SSSR count). The van der Waals surface area contributed by atoms with Crippen LogP contribution < -0.4 is 0 Å². The number of carbonyl (C=O) groups excluding carboxylic acids is 1. The van der Waals surface area contributed by atoms with Gasteiger partial charge < -0.3 is 4.74 Å². The molecule has 0 amide bonds. The number of carbonyl (C=O) groups is 1. The summed E-state index contributed by atoms with van der Waals surface area (Å²) in [6, 6.07) is 22.2. The lowest BCUT2D eigenvalue weighted by atomic mass is 10.0. The molecule has 0 unspecified atom stereocenters. The Balaban J connectivity index is 1.73. The molecule has 0 N–H and O–H groups in total. The lowest BCUT2D eigenvalue weighted by Crippen LogP contribution is -2.08. The molecule has 142 valence electrons. The van der Waals surface area contributed by atoms with Gasteiger partial charge in [0.25, 0.3) is 0 Å². The highest BCUT2D eigenvalue weighted by atomic mass is 16.5. The number of methoxy groups -OCH3 is 1. The number of nitrogens with zero attached hydrogens (tertiary/aromatic N) is 2. The Morgan fingerprint density at radius 1 is 1.00 bits per heavy atom. The van der Waals surface area contributed by atoms with Gasteiger partial charge in [0.2, 0.25) is 0 Å². The van der Waals surface area contributed by atoms with Crippen LogP contribution in [0.3, 0.4) is 0 Å². The molecule has 0 saturated heterocycles. The monoisotopic (exact) mass is 380 g/mol. The summed E-state index contributed by atoms with van der Waals surface area (Å²) in [5, 5.41) is 5.38. The average Bonchev–Trinajstić information content (AvgIpc) is 3.19. The van der Waals surface area contributed by atoms with Crippen LogP contribution in [0.2, 0.25) is 0 Å². The minimum absolute atomic E-state index is 0.382. The smallest absolute Gasteiger partial charge is 0.340 e. The minimum Gasteiger partial charge on any atom is -0.465 e. The molecule has 4 aromatic rings. The van der Waals surface area contributed by atoms with Crippen molar-refractivity contribution in [2.75, 3.05) is 7.11 Å². The van der Waals surface area contributed by atoms with Crippen molar-refractivity contribution in [1.82, 2.24) is 9.78 Å². The first-order chi connectivity index (χ1) is 14.2. The first kappa shape index (κ1) is 18.5. The van der Waals surface area contributed by atoms with Gasteiger partial charge in [-0.3, -0.25) is 4.68 Å². The van der Waals surface area contributed by atoms with Crippen molar-refractivity contribution in [3.05, 3.63) is 89.6 Å². The summed E-state index contributed by atoms with van der Waals surface area (Å²) >= 11 is 0. The fourth-order valence-electron chi connectivity index (χ4n) is 3.45. The Labute approximate surface area is 169 Å². The van der Waals surface area contributed by atoms with E-state index in [-0.39, 0.29) is 5.97 Å². The summed E-state index contributed by atoms with van der Waals surface area (Å²) in [6.45, 7) is 2.34. The predicted octanol–water partition coefficient (Wildman–Crippen LogP) is 4.91. The van der Waals surface area contributed by atoms with E-state index in [4.69, 9.17) is 4.74 Å². The van der Waals surface area contributed by atoms with Crippen molar-refractivity contribution in [3.8, 4) is 23.0 Å². The number of benzene rings is 3. The molecule has 0 atom stereocenters. The molecule has 0 spiro atoms. The second-order valence-electron chi connectivity index (χ2n) is 6.65. The fraction of sp³-hybridized carbons (Fsp3) is 0.120. The van der Waals surface area contributed by atoms with E-state index >= 15 is 0 Å². The van der Waals surface area contributed by atoms with Crippen LogP contribution in [0.5, 0.6) is 0 Å². The van der Waals surface area contributed by atoms with Gasteiger partial charge in [-0.1, -0.05) is 60.5 Å². The van der Waals surface area contributed by atoms with Crippen LogP contribution in [0.15, 0.2) is 72.9 Å². The van der Waals surface area contributed by atoms with Crippen molar-refractivity contribution in [1.29, 1.82) is 0 Å². The molecular weight excluding hydrogens is 360 g/mol. The van der Waals surface area contributed by atoms with Crippen LogP contribution in [0.1, 0.15) is 28.4 Å². The standard InChI is InChI=1S/C25H20N2O2/c1-3-7-21-14-15-22(25(28)29-2)24-23(21)16-26-27(24)17-18-10-12-20(13-11-18)19-8-5-4-6-9-19/h4-6,8-16H,17H2,1-2H3. The van der Waals surface area contributed by atoms with Crippen molar-refractivity contribution < 1.29 is 9.53 Å². The van der Waals surface area contributed by atoms with Crippen LogP contribution in [-0.2, 0) is 11.3 Å². The molecule has 0 saturated carbocycles. The van der Waals surface area contributed by atoms with Gasteiger partial charge in [0.1, 0.15) is 0 Å². The van der Waals surface area contributed by atoms with Crippen LogP contribution >= 0.6 is 0 Å². The van der Waals surface area contributed by atoms with Gasteiger partial charge in [0.05, 0.1) is 30.9 Å². The zero-order chi connectivity index (χ0) is 20.2. The first-order valence-corrected chi connectivity index (χ1v) is 9.35. The molecule has 0 radical (unpaired) electrons. The number of ether oxygens (including phenoxy) is 1. The maximum Gasteiger partial charge on any atom is 0.340 e. The third-order valence-electron chi connectivity index (χ3n) is 4.86. The van der Waals surface area contributed by atoms with E-state index in [2.05, 4.69) is 53.3 Å². The Kier molecular flexibility index (Phi) is 5.13. The second kappa shape index (κ2) is 8.04. The molecule has 0 aliphatic rings. The summed E-state index contributed by atoms with van der Waals surface area (Å²) < 4.78 is 6.80. The number of hydrogen-bond donors (Lipinski definition) is 0. The topological polar surface area (TPSA) is 44.1 Å². The molecule has 0 aliphatic carbocycles. The number of esters is 1. The molecule has 0 bridgehead atoms. The van der Waals surface area contributed by atoms with E-state index in [9.17, 15) is 4.79 Å². The second-order valence-corrected chi connectivity index (χ2v) is 6.65. The SMILES string of the molecule is CC#Cc1ccc(C(=O)OC)c2c1cnn2Cc1ccc(-c2ccccc2)cc1. The summed E-state index contributed by atoms with van der Waals surface area (Å²) in [5.74, 6) is 5.62. The Hall–Kier alpha value is -3.84. The molecule has 0 aliphatic heterocycles. The zero-order valence-corrected chi connectivity index (χ0v) is 16.3. The van der Waals surface area contributed by atoms with Crippen molar-refractivity contribution >= 4 is 16.9 Å². The van der Waals surface area contributed by atoms with Gasteiger partial charge in [-0.05, 0) is 35.7 Å². The summed E-state index contributed by atoms with van der Waals surface area (Å²) in [5.41, 5.74) is 5.51. The Morgan fingerprint density at radius 3 is 2.41 bits per heavy atom. The van der Waals surface area contributed by atoms with E-state index in [1.165, 1.54) is 12.7 Å². The highest BCUT2D eigenvalue weighted by Gasteiger charge is 2.17.